The fourth-order valence-electron chi connectivity index (χ4n) is 2.15. The largest absolute Gasteiger partial charge is 0.493 e. The summed E-state index contributed by atoms with van der Waals surface area (Å²) in [6, 6.07) is 11.4. The van der Waals surface area contributed by atoms with Crippen LogP contribution < -0.4 is 14.2 Å². The van der Waals surface area contributed by atoms with Crippen LogP contribution in [-0.2, 0) is 9.53 Å². The van der Waals surface area contributed by atoms with Crippen LogP contribution in [0, 0.1) is 0 Å². The van der Waals surface area contributed by atoms with Crippen molar-refractivity contribution in [2.45, 2.75) is 0 Å². The molecular weight excluding hydrogens is 348 g/mol. The summed E-state index contributed by atoms with van der Waals surface area (Å²) in [5.41, 5.74) is 1.12. The van der Waals surface area contributed by atoms with Crippen LogP contribution >= 0.6 is 0 Å². The summed E-state index contributed by atoms with van der Waals surface area (Å²) in [6.45, 7) is 3.97. The zero-order chi connectivity index (χ0) is 19.6. The number of carbonyl (C=O) groups excluding carboxylic acids is 2. The molecule has 0 saturated carbocycles. The van der Waals surface area contributed by atoms with Crippen molar-refractivity contribution in [2.24, 2.45) is 0 Å². The Kier molecular flexibility index (Phi) is 7.19. The van der Waals surface area contributed by atoms with Crippen molar-refractivity contribution in [2.75, 3.05) is 20.8 Å². The molecule has 2 rings (SSSR count). The Morgan fingerprint density at radius 1 is 1.04 bits per heavy atom. The van der Waals surface area contributed by atoms with Gasteiger partial charge in [-0.3, -0.25) is 0 Å². The standard InChI is InChI=1S/C21H20O6/c1-4-13-26-18-11-5-15(14-19(18)24-2)6-12-20(22)27-17-9-7-16(8-10-17)21(23)25-3/h4-12,14H,1,13H2,2-3H3/b12-6+. The van der Waals surface area contributed by atoms with E-state index in [1.54, 1.807) is 30.4 Å². The van der Waals surface area contributed by atoms with E-state index in [0.717, 1.165) is 5.56 Å². The molecule has 140 valence electrons. The minimum absolute atomic E-state index is 0.322. The molecular formula is C21H20O6. The number of carbonyl (C=O) groups is 2. The number of methoxy groups -OCH3 is 2. The lowest BCUT2D eigenvalue weighted by atomic mass is 10.2. The Bertz CT molecular complexity index is 836. The zero-order valence-corrected chi connectivity index (χ0v) is 15.1. The first-order valence-electron chi connectivity index (χ1n) is 8.07. The molecule has 0 unspecified atom stereocenters. The third-order valence-electron chi connectivity index (χ3n) is 3.45. The van der Waals surface area contributed by atoms with Crippen LogP contribution in [0.1, 0.15) is 15.9 Å². The summed E-state index contributed by atoms with van der Waals surface area (Å²) in [4.78, 5) is 23.3. The second-order valence-corrected chi connectivity index (χ2v) is 5.28. The van der Waals surface area contributed by atoms with Gasteiger partial charge in [-0.15, -0.1) is 0 Å². The van der Waals surface area contributed by atoms with E-state index >= 15 is 0 Å². The van der Waals surface area contributed by atoms with Gasteiger partial charge in [-0.1, -0.05) is 18.7 Å². The Hall–Kier alpha value is -3.54. The Morgan fingerprint density at radius 2 is 1.78 bits per heavy atom. The molecule has 0 radical (unpaired) electrons. The Labute approximate surface area is 157 Å². The molecule has 0 aliphatic heterocycles. The van der Waals surface area contributed by atoms with E-state index in [0.29, 0.717) is 29.4 Å². The van der Waals surface area contributed by atoms with Crippen molar-refractivity contribution in [1.82, 2.24) is 0 Å². The van der Waals surface area contributed by atoms with E-state index in [-0.39, 0.29) is 0 Å². The summed E-state index contributed by atoms with van der Waals surface area (Å²) in [5.74, 6) is 0.450. The van der Waals surface area contributed by atoms with Gasteiger partial charge in [-0.25, -0.2) is 9.59 Å². The molecule has 6 nitrogen and oxygen atoms in total. The second-order valence-electron chi connectivity index (χ2n) is 5.28. The van der Waals surface area contributed by atoms with Gasteiger partial charge >= 0.3 is 11.9 Å². The number of rotatable bonds is 8. The first-order valence-corrected chi connectivity index (χ1v) is 8.07. The van der Waals surface area contributed by atoms with Crippen molar-refractivity contribution < 1.29 is 28.5 Å². The van der Waals surface area contributed by atoms with Crippen molar-refractivity contribution >= 4 is 18.0 Å². The fraction of sp³-hybridized carbons (Fsp3) is 0.143. The van der Waals surface area contributed by atoms with Crippen LogP contribution in [0.3, 0.4) is 0 Å². The number of esters is 2. The molecule has 27 heavy (non-hydrogen) atoms. The van der Waals surface area contributed by atoms with Gasteiger partial charge in [0.1, 0.15) is 12.4 Å². The zero-order valence-electron chi connectivity index (χ0n) is 15.1. The van der Waals surface area contributed by atoms with E-state index in [2.05, 4.69) is 11.3 Å². The fourth-order valence-corrected chi connectivity index (χ4v) is 2.15. The van der Waals surface area contributed by atoms with Gasteiger partial charge < -0.3 is 18.9 Å². The highest BCUT2D eigenvalue weighted by Crippen LogP contribution is 2.28. The highest BCUT2D eigenvalue weighted by molar-refractivity contribution is 5.90. The second kappa shape index (κ2) is 9.82. The van der Waals surface area contributed by atoms with Crippen molar-refractivity contribution in [1.29, 1.82) is 0 Å². The molecule has 0 saturated heterocycles. The molecule has 0 fully saturated rings. The molecule has 0 N–H and O–H groups in total. The molecule has 0 aromatic heterocycles. The normalized spacial score (nSPS) is 10.3. The maximum atomic E-state index is 12.0. The van der Waals surface area contributed by atoms with E-state index in [4.69, 9.17) is 14.2 Å². The van der Waals surface area contributed by atoms with Crippen LogP contribution in [0.5, 0.6) is 17.2 Å². The monoisotopic (exact) mass is 368 g/mol. The molecule has 6 heteroatoms. The number of hydrogen-bond acceptors (Lipinski definition) is 6. The van der Waals surface area contributed by atoms with E-state index in [1.807, 2.05) is 0 Å². The summed E-state index contributed by atoms with van der Waals surface area (Å²) in [7, 11) is 2.84. The highest BCUT2D eigenvalue weighted by Gasteiger charge is 2.07. The summed E-state index contributed by atoms with van der Waals surface area (Å²) < 4.78 is 20.6. The Morgan fingerprint density at radius 3 is 2.41 bits per heavy atom. The average Bonchev–Trinajstić information content (AvgIpc) is 2.70. The minimum atomic E-state index is -0.549. The van der Waals surface area contributed by atoms with E-state index in [1.165, 1.54) is 44.6 Å². The van der Waals surface area contributed by atoms with Crippen molar-refractivity contribution in [3.8, 4) is 17.2 Å². The predicted molar refractivity (Wildman–Crippen MR) is 101 cm³/mol. The van der Waals surface area contributed by atoms with Gasteiger partial charge in [0.2, 0.25) is 0 Å². The van der Waals surface area contributed by atoms with Crippen LogP contribution in [0.4, 0.5) is 0 Å². The molecule has 0 aliphatic rings. The maximum absolute atomic E-state index is 12.0. The molecule has 0 amide bonds. The van der Waals surface area contributed by atoms with Gasteiger partial charge in [-0.05, 0) is 48.0 Å². The number of ether oxygens (including phenoxy) is 4. The topological polar surface area (TPSA) is 71.1 Å². The van der Waals surface area contributed by atoms with Crippen LogP contribution in [0.15, 0.2) is 61.2 Å². The van der Waals surface area contributed by atoms with Crippen LogP contribution in [0.2, 0.25) is 0 Å². The lowest BCUT2D eigenvalue weighted by Gasteiger charge is -2.09. The van der Waals surface area contributed by atoms with Gasteiger partial charge in [0.25, 0.3) is 0 Å². The lowest BCUT2D eigenvalue weighted by Crippen LogP contribution is -2.05. The van der Waals surface area contributed by atoms with Gasteiger partial charge in [0.15, 0.2) is 11.5 Å². The minimum Gasteiger partial charge on any atom is -0.493 e. The Balaban J connectivity index is 2.01. The molecule has 0 spiro atoms. The summed E-state index contributed by atoms with van der Waals surface area (Å²) in [6.07, 6.45) is 4.54. The van der Waals surface area contributed by atoms with E-state index in [9.17, 15) is 9.59 Å². The molecule has 0 bridgehead atoms. The predicted octanol–water partition coefficient (Wildman–Crippen LogP) is 3.67. The quantitative estimate of drug-likeness (QED) is 0.306. The third kappa shape index (κ3) is 5.74. The SMILES string of the molecule is C=CCOc1ccc(/C=C/C(=O)Oc2ccc(C(=O)OC)cc2)cc1OC. The summed E-state index contributed by atoms with van der Waals surface area (Å²) in [5, 5.41) is 0. The summed E-state index contributed by atoms with van der Waals surface area (Å²) >= 11 is 0. The van der Waals surface area contributed by atoms with Crippen molar-refractivity contribution in [3.63, 3.8) is 0 Å². The van der Waals surface area contributed by atoms with E-state index < -0.39 is 11.9 Å². The molecule has 2 aromatic rings. The maximum Gasteiger partial charge on any atom is 0.337 e. The average molecular weight is 368 g/mol. The van der Waals surface area contributed by atoms with Crippen molar-refractivity contribution in [3.05, 3.63) is 72.3 Å². The molecule has 0 atom stereocenters. The number of hydrogen-bond donors (Lipinski definition) is 0. The molecule has 0 aliphatic carbocycles. The van der Waals surface area contributed by atoms with Gasteiger partial charge in [-0.2, -0.15) is 0 Å². The third-order valence-corrected chi connectivity index (χ3v) is 3.45. The van der Waals surface area contributed by atoms with Crippen LogP contribution in [0.25, 0.3) is 6.08 Å². The van der Waals surface area contributed by atoms with Gasteiger partial charge in [0.05, 0.1) is 19.8 Å². The smallest absolute Gasteiger partial charge is 0.337 e. The molecule has 2 aromatic carbocycles. The first kappa shape index (κ1) is 19.8. The highest BCUT2D eigenvalue weighted by atomic mass is 16.5. The first-order chi connectivity index (χ1) is 13.1. The lowest BCUT2D eigenvalue weighted by molar-refractivity contribution is -0.128. The number of benzene rings is 2. The van der Waals surface area contributed by atoms with Crippen LogP contribution in [-0.4, -0.2) is 32.8 Å². The van der Waals surface area contributed by atoms with Gasteiger partial charge in [0, 0.05) is 6.08 Å². The molecule has 0 heterocycles.